The van der Waals surface area contributed by atoms with E-state index >= 15 is 0 Å². The predicted molar refractivity (Wildman–Crippen MR) is 159 cm³/mol. The average Bonchev–Trinajstić information content (AvgIpc) is 3.45. The number of alkyl halides is 3. The number of para-hydroxylation sites is 1. The van der Waals surface area contributed by atoms with Gasteiger partial charge in [0.25, 0.3) is 10.0 Å². The summed E-state index contributed by atoms with van der Waals surface area (Å²) < 4.78 is 82.4. The molecule has 3 heterocycles. The summed E-state index contributed by atoms with van der Waals surface area (Å²) in [7, 11) is -2.61. The zero-order chi connectivity index (χ0) is 32.5. The number of nitrogens with zero attached hydrogens (tertiary/aromatic N) is 4. The number of hydrogen-bond donors (Lipinski definition) is 3. The van der Waals surface area contributed by atoms with Crippen molar-refractivity contribution in [2.75, 3.05) is 16.7 Å². The number of halogens is 4. The molecule has 0 saturated heterocycles. The zero-order valence-electron chi connectivity index (χ0n) is 23.9. The van der Waals surface area contributed by atoms with Crippen LogP contribution in [0.2, 0.25) is 0 Å². The number of pyridine rings is 2. The number of Topliss-reactive ketones (excluding diaryl/α,β-unsaturated/α-hetero) is 1. The molecule has 2 aromatic carbocycles. The van der Waals surface area contributed by atoms with Crippen LogP contribution in [-0.4, -0.2) is 52.7 Å². The molecule has 0 amide bonds. The fraction of sp³-hybridized carbons (Fsp3) is 0.200. The summed E-state index contributed by atoms with van der Waals surface area (Å²) in [6.07, 6.45) is -3.37. The molecule has 15 heteroatoms. The molecule has 0 atom stereocenters. The van der Waals surface area contributed by atoms with Gasteiger partial charge in [0.15, 0.2) is 17.3 Å². The Morgan fingerprint density at radius 3 is 2.53 bits per heavy atom. The first-order valence-corrected chi connectivity index (χ1v) is 15.0. The molecule has 0 bridgehead atoms. The molecule has 10 nitrogen and oxygen atoms in total. The Labute approximate surface area is 254 Å². The van der Waals surface area contributed by atoms with Gasteiger partial charge in [-0.2, -0.15) is 18.3 Å². The Morgan fingerprint density at radius 2 is 1.84 bits per heavy atom. The maximum Gasteiger partial charge on any atom is 0.393 e. The Kier molecular flexibility index (Phi) is 8.47. The van der Waals surface area contributed by atoms with Crippen molar-refractivity contribution < 1.29 is 35.9 Å². The van der Waals surface area contributed by atoms with E-state index in [2.05, 4.69) is 25.5 Å². The molecule has 45 heavy (non-hydrogen) atoms. The number of rotatable bonds is 10. The first-order valence-electron chi connectivity index (χ1n) is 13.5. The van der Waals surface area contributed by atoms with Gasteiger partial charge in [0, 0.05) is 38.0 Å². The van der Waals surface area contributed by atoms with E-state index in [0.717, 1.165) is 10.4 Å². The number of fused-ring (bicyclic) bond motifs is 1. The van der Waals surface area contributed by atoms with Gasteiger partial charge in [0.2, 0.25) is 0 Å². The summed E-state index contributed by atoms with van der Waals surface area (Å²) in [5.41, 5.74) is 0.331. The van der Waals surface area contributed by atoms with Crippen molar-refractivity contribution in [1.82, 2.24) is 20.2 Å². The second kappa shape index (κ2) is 12.1. The Morgan fingerprint density at radius 1 is 1.09 bits per heavy atom. The number of nitrogens with one attached hydrogen (secondary N) is 2. The Bertz CT molecular complexity index is 2000. The second-order valence-corrected chi connectivity index (χ2v) is 12.0. The van der Waals surface area contributed by atoms with E-state index in [1.54, 1.807) is 31.2 Å². The fourth-order valence-corrected chi connectivity index (χ4v) is 6.02. The first kappa shape index (κ1) is 31.4. The number of carbonyl (C=O) groups is 1. The van der Waals surface area contributed by atoms with Crippen LogP contribution in [0.1, 0.15) is 35.0 Å². The monoisotopic (exact) mass is 642 g/mol. The highest BCUT2D eigenvalue weighted by molar-refractivity contribution is 7.92. The minimum Gasteiger partial charge on any atom is -0.505 e. The molecule has 0 fully saturated rings. The summed E-state index contributed by atoms with van der Waals surface area (Å²) in [6, 6.07) is 12.3. The second-order valence-electron chi connectivity index (χ2n) is 10.0. The van der Waals surface area contributed by atoms with Crippen LogP contribution in [0.15, 0.2) is 71.9 Å². The number of anilines is 2. The molecule has 0 saturated carbocycles. The molecule has 3 N–H and O–H groups in total. The van der Waals surface area contributed by atoms with Crippen LogP contribution in [0, 0.1) is 5.82 Å². The van der Waals surface area contributed by atoms with Crippen LogP contribution in [0.5, 0.6) is 5.75 Å². The van der Waals surface area contributed by atoms with Crippen LogP contribution in [0.25, 0.3) is 22.2 Å². The predicted octanol–water partition coefficient (Wildman–Crippen LogP) is 6.00. The van der Waals surface area contributed by atoms with Crippen LogP contribution in [0.4, 0.5) is 29.1 Å². The minimum atomic E-state index is -4.68. The molecule has 0 unspecified atom stereocenters. The number of aromatic amines is 1. The topological polar surface area (TPSA) is 141 Å². The van der Waals surface area contributed by atoms with E-state index in [4.69, 9.17) is 0 Å². The summed E-state index contributed by atoms with van der Waals surface area (Å²) in [4.78, 5) is 21.1. The van der Waals surface area contributed by atoms with Crippen molar-refractivity contribution in [2.24, 2.45) is 0 Å². The number of ketones is 1. The SMILES string of the molecule is CCC(=O)c1n[nH]c2cc(-c3cc(F)c(O)cc3CC(F)(F)F)nc(NCc3ccccc3N(C)S(=O)(=O)c3cccnc3)c12. The summed E-state index contributed by atoms with van der Waals surface area (Å²) >= 11 is 0. The van der Waals surface area contributed by atoms with E-state index in [1.165, 1.54) is 37.6 Å². The Balaban J connectivity index is 1.60. The van der Waals surface area contributed by atoms with Gasteiger partial charge in [-0.25, -0.2) is 17.8 Å². The van der Waals surface area contributed by atoms with E-state index in [1.807, 2.05) is 0 Å². The van der Waals surface area contributed by atoms with Crippen LogP contribution in [-0.2, 0) is 23.0 Å². The van der Waals surface area contributed by atoms with Crippen molar-refractivity contribution in [1.29, 1.82) is 0 Å². The van der Waals surface area contributed by atoms with Gasteiger partial charge in [-0.1, -0.05) is 25.1 Å². The van der Waals surface area contributed by atoms with E-state index in [0.29, 0.717) is 17.3 Å². The number of H-pyrrole nitrogens is 1. The standard InChI is InChI=1S/C30H26F4N6O4S/c1-3-25(41)28-27-23(38-39-28)13-22(20-12-21(31)26(42)11-18(20)14-30(32,33)34)37-29(27)36-15-17-7-4-5-9-24(17)40(2)45(43,44)19-8-6-10-35-16-19/h4-13,16,42H,3,14-15H2,1-2H3,(H,36,37)(H,38,39). The molecule has 0 radical (unpaired) electrons. The molecule has 234 valence electrons. The summed E-state index contributed by atoms with van der Waals surface area (Å²) in [5, 5.41) is 19.9. The highest BCUT2D eigenvalue weighted by atomic mass is 32.2. The summed E-state index contributed by atoms with van der Waals surface area (Å²) in [6.45, 7) is 1.59. The normalized spacial score (nSPS) is 12.0. The third-order valence-electron chi connectivity index (χ3n) is 7.04. The van der Waals surface area contributed by atoms with Gasteiger partial charge >= 0.3 is 6.18 Å². The van der Waals surface area contributed by atoms with E-state index in [-0.39, 0.29) is 57.3 Å². The van der Waals surface area contributed by atoms with Crippen molar-refractivity contribution >= 4 is 38.2 Å². The van der Waals surface area contributed by atoms with Crippen LogP contribution in [0.3, 0.4) is 0 Å². The first-order chi connectivity index (χ1) is 21.3. The molecule has 0 aliphatic carbocycles. The molecular formula is C30H26F4N6O4S. The molecule has 5 rings (SSSR count). The third-order valence-corrected chi connectivity index (χ3v) is 8.79. The lowest BCUT2D eigenvalue weighted by atomic mass is 9.99. The van der Waals surface area contributed by atoms with Crippen molar-refractivity contribution in [3.63, 3.8) is 0 Å². The lowest BCUT2D eigenvalue weighted by molar-refractivity contribution is -0.127. The Hall–Kier alpha value is -5.05. The van der Waals surface area contributed by atoms with Crippen molar-refractivity contribution in [3.05, 3.63) is 89.6 Å². The van der Waals surface area contributed by atoms with Crippen molar-refractivity contribution in [2.45, 2.75) is 37.4 Å². The fourth-order valence-electron chi connectivity index (χ4n) is 4.82. The van der Waals surface area contributed by atoms with Gasteiger partial charge in [-0.15, -0.1) is 0 Å². The third kappa shape index (κ3) is 6.43. The number of hydrogen-bond acceptors (Lipinski definition) is 8. The van der Waals surface area contributed by atoms with E-state index < -0.39 is 39.8 Å². The molecule has 0 aliphatic heterocycles. The number of carbonyl (C=O) groups excluding carboxylic acids is 1. The molecule has 0 aliphatic rings. The summed E-state index contributed by atoms with van der Waals surface area (Å²) in [5.74, 6) is -2.40. The maximum absolute atomic E-state index is 14.5. The number of aromatic nitrogens is 4. The van der Waals surface area contributed by atoms with Gasteiger partial charge in [-0.05, 0) is 47.5 Å². The average molecular weight is 643 g/mol. The van der Waals surface area contributed by atoms with Gasteiger partial charge in [-0.3, -0.25) is 19.2 Å². The van der Waals surface area contributed by atoms with Crippen LogP contribution >= 0.6 is 0 Å². The van der Waals surface area contributed by atoms with Gasteiger partial charge < -0.3 is 10.4 Å². The van der Waals surface area contributed by atoms with Gasteiger partial charge in [0.05, 0.1) is 28.7 Å². The highest BCUT2D eigenvalue weighted by Gasteiger charge is 2.31. The number of sulfonamides is 1. The smallest absolute Gasteiger partial charge is 0.393 e. The van der Waals surface area contributed by atoms with Crippen LogP contribution < -0.4 is 9.62 Å². The van der Waals surface area contributed by atoms with Gasteiger partial charge in [0.1, 0.15) is 16.4 Å². The highest BCUT2D eigenvalue weighted by Crippen LogP contribution is 2.36. The quantitative estimate of drug-likeness (QED) is 0.125. The minimum absolute atomic E-state index is 0.0248. The molecule has 3 aromatic heterocycles. The number of aromatic hydroxyl groups is 1. The molecule has 5 aromatic rings. The lowest BCUT2D eigenvalue weighted by Gasteiger charge is -2.22. The number of phenolic OH excluding ortho intramolecular Hbond substituents is 1. The van der Waals surface area contributed by atoms with Crippen molar-refractivity contribution in [3.8, 4) is 17.0 Å². The maximum atomic E-state index is 14.5. The molecular weight excluding hydrogens is 616 g/mol. The number of benzene rings is 2. The lowest BCUT2D eigenvalue weighted by Crippen LogP contribution is -2.28. The largest absolute Gasteiger partial charge is 0.505 e. The number of phenols is 1. The zero-order valence-corrected chi connectivity index (χ0v) is 24.7. The van der Waals surface area contributed by atoms with E-state index in [9.17, 15) is 35.9 Å². The molecule has 0 spiro atoms.